The Morgan fingerprint density at radius 2 is 1.63 bits per heavy atom. The Kier molecular flexibility index (Phi) is 6.86. The van der Waals surface area contributed by atoms with Crippen LogP contribution in [0, 0.1) is 0 Å². The van der Waals surface area contributed by atoms with E-state index in [1.807, 2.05) is 0 Å². The number of aromatic nitrogens is 2. The molecule has 0 aliphatic carbocycles. The van der Waals surface area contributed by atoms with E-state index in [2.05, 4.69) is 5.10 Å². The first-order chi connectivity index (χ1) is 16.4. The summed E-state index contributed by atoms with van der Waals surface area (Å²) >= 11 is 12.5. The van der Waals surface area contributed by atoms with Gasteiger partial charge in [0.1, 0.15) is 12.4 Å². The number of hydrogen-bond donors (Lipinski definition) is 0. The molecule has 0 N–H and O–H groups in total. The Labute approximate surface area is 209 Å². The zero-order valence-electron chi connectivity index (χ0n) is 18.1. The Bertz CT molecular complexity index is 1500. The summed E-state index contributed by atoms with van der Waals surface area (Å²) in [4.78, 5) is 0.166. The van der Waals surface area contributed by atoms with Gasteiger partial charge in [0, 0.05) is 6.26 Å². The molecular weight excluding hydrogens is 524 g/mol. The molecule has 0 saturated heterocycles. The zero-order valence-corrected chi connectivity index (χ0v) is 20.4. The molecule has 182 valence electrons. The fraction of sp³-hybridized carbons (Fsp3) is 0.125. The number of halogens is 5. The maximum absolute atomic E-state index is 13.3. The molecule has 4 aromatic rings. The first kappa shape index (κ1) is 25.1. The SMILES string of the molecule is CS(=O)(=O)c1cccc(-c2ccc(OCc3cc(C(F)(F)F)nn3-c3ccccc3Cl)c(Cl)c2)c1. The highest BCUT2D eigenvalue weighted by molar-refractivity contribution is 7.90. The summed E-state index contributed by atoms with van der Waals surface area (Å²) in [5.41, 5.74) is 0.589. The standard InChI is InChI=1S/C24H17Cl2F3N2O3S/c1-35(32,33)18-6-4-5-15(11-18)16-9-10-22(20(26)12-16)34-14-17-13-23(24(27,28)29)30-31(17)21-8-3-2-7-19(21)25/h2-13H,14H2,1H3. The molecule has 0 aliphatic rings. The van der Waals surface area contributed by atoms with Crippen LogP contribution in [0.2, 0.25) is 10.0 Å². The highest BCUT2D eigenvalue weighted by Gasteiger charge is 2.35. The fourth-order valence-electron chi connectivity index (χ4n) is 3.35. The van der Waals surface area contributed by atoms with Crippen LogP contribution < -0.4 is 4.74 Å². The minimum atomic E-state index is -4.65. The first-order valence-electron chi connectivity index (χ1n) is 10.1. The Balaban J connectivity index is 1.62. The van der Waals surface area contributed by atoms with Crippen LogP contribution in [0.5, 0.6) is 5.75 Å². The van der Waals surface area contributed by atoms with Crippen LogP contribution in [-0.2, 0) is 22.6 Å². The highest BCUT2D eigenvalue weighted by Crippen LogP contribution is 2.34. The first-order valence-corrected chi connectivity index (χ1v) is 12.7. The van der Waals surface area contributed by atoms with Crippen LogP contribution in [0.25, 0.3) is 16.8 Å². The van der Waals surface area contributed by atoms with Crippen molar-refractivity contribution < 1.29 is 26.3 Å². The molecule has 0 bridgehead atoms. The van der Waals surface area contributed by atoms with Gasteiger partial charge in [-0.25, -0.2) is 13.1 Å². The maximum atomic E-state index is 13.3. The Morgan fingerprint density at radius 1 is 0.914 bits per heavy atom. The van der Waals surface area contributed by atoms with Crippen LogP contribution in [0.15, 0.2) is 77.7 Å². The second kappa shape index (κ2) is 9.56. The van der Waals surface area contributed by atoms with Gasteiger partial charge in [-0.15, -0.1) is 0 Å². The van der Waals surface area contributed by atoms with E-state index in [1.165, 1.54) is 12.1 Å². The van der Waals surface area contributed by atoms with E-state index < -0.39 is 21.7 Å². The second-order valence-electron chi connectivity index (χ2n) is 7.62. The molecule has 35 heavy (non-hydrogen) atoms. The van der Waals surface area contributed by atoms with Gasteiger partial charge in [0.15, 0.2) is 15.5 Å². The molecule has 0 aliphatic heterocycles. The van der Waals surface area contributed by atoms with Crippen molar-refractivity contribution in [2.75, 3.05) is 6.26 Å². The molecular formula is C24H17Cl2F3N2O3S. The number of sulfone groups is 1. The van der Waals surface area contributed by atoms with E-state index in [0.717, 1.165) is 17.0 Å². The molecule has 0 saturated carbocycles. The van der Waals surface area contributed by atoms with Gasteiger partial charge in [-0.3, -0.25) is 0 Å². The molecule has 0 atom stereocenters. The van der Waals surface area contributed by atoms with Gasteiger partial charge < -0.3 is 4.74 Å². The lowest BCUT2D eigenvalue weighted by molar-refractivity contribution is -0.141. The number of hydrogen-bond acceptors (Lipinski definition) is 4. The number of ether oxygens (including phenoxy) is 1. The van der Waals surface area contributed by atoms with Gasteiger partial charge in [-0.05, 0) is 53.6 Å². The van der Waals surface area contributed by atoms with Gasteiger partial charge in [0.2, 0.25) is 0 Å². The summed E-state index contributed by atoms with van der Waals surface area (Å²) < 4.78 is 70.5. The normalized spacial score (nSPS) is 12.1. The minimum absolute atomic E-state index is 0.117. The van der Waals surface area contributed by atoms with E-state index in [9.17, 15) is 21.6 Å². The van der Waals surface area contributed by atoms with E-state index >= 15 is 0 Å². The third-order valence-corrected chi connectivity index (χ3v) is 6.78. The van der Waals surface area contributed by atoms with Crippen LogP contribution in [0.3, 0.4) is 0 Å². The predicted octanol–water partition coefficient (Wildman–Crippen LogP) is 6.85. The molecule has 0 fully saturated rings. The molecule has 0 amide bonds. The molecule has 0 unspecified atom stereocenters. The zero-order chi connectivity index (χ0) is 25.4. The van der Waals surface area contributed by atoms with Crippen molar-refractivity contribution in [3.8, 4) is 22.6 Å². The molecule has 4 rings (SSSR count). The van der Waals surface area contributed by atoms with Crippen molar-refractivity contribution in [1.82, 2.24) is 9.78 Å². The average molecular weight is 541 g/mol. The third kappa shape index (κ3) is 5.63. The molecule has 1 aromatic heterocycles. The Morgan fingerprint density at radius 3 is 2.29 bits per heavy atom. The molecule has 0 spiro atoms. The van der Waals surface area contributed by atoms with Crippen molar-refractivity contribution in [3.63, 3.8) is 0 Å². The van der Waals surface area contributed by atoms with E-state index in [1.54, 1.807) is 54.6 Å². The van der Waals surface area contributed by atoms with Gasteiger partial charge in [0.25, 0.3) is 0 Å². The maximum Gasteiger partial charge on any atom is 0.435 e. The quantitative estimate of drug-likeness (QED) is 0.268. The van der Waals surface area contributed by atoms with Crippen LogP contribution in [-0.4, -0.2) is 24.5 Å². The van der Waals surface area contributed by atoms with E-state index in [-0.39, 0.29) is 38.7 Å². The monoisotopic (exact) mass is 540 g/mol. The van der Waals surface area contributed by atoms with Crippen molar-refractivity contribution in [2.45, 2.75) is 17.7 Å². The summed E-state index contributed by atoms with van der Waals surface area (Å²) in [5, 5.41) is 4.10. The molecule has 0 radical (unpaired) electrons. The lowest BCUT2D eigenvalue weighted by Crippen LogP contribution is -2.08. The summed E-state index contributed by atoms with van der Waals surface area (Å²) in [6.45, 7) is -0.267. The van der Waals surface area contributed by atoms with Gasteiger partial charge in [0.05, 0.1) is 26.3 Å². The summed E-state index contributed by atoms with van der Waals surface area (Å²) in [5.74, 6) is 0.232. The number of benzene rings is 3. The van der Waals surface area contributed by atoms with Gasteiger partial charge in [-0.1, -0.05) is 53.5 Å². The summed E-state index contributed by atoms with van der Waals surface area (Å²) in [6.07, 6.45) is -3.53. The van der Waals surface area contributed by atoms with Crippen LogP contribution in [0.1, 0.15) is 11.4 Å². The average Bonchev–Trinajstić information content (AvgIpc) is 3.23. The van der Waals surface area contributed by atoms with Crippen molar-refractivity contribution in [2.24, 2.45) is 0 Å². The fourth-order valence-corrected chi connectivity index (χ4v) is 4.47. The lowest BCUT2D eigenvalue weighted by Gasteiger charge is -2.12. The number of para-hydroxylation sites is 1. The van der Waals surface area contributed by atoms with Crippen LogP contribution in [0.4, 0.5) is 13.2 Å². The van der Waals surface area contributed by atoms with Crippen molar-refractivity contribution >= 4 is 33.0 Å². The molecule has 3 aromatic carbocycles. The largest absolute Gasteiger partial charge is 0.486 e. The highest BCUT2D eigenvalue weighted by atomic mass is 35.5. The minimum Gasteiger partial charge on any atom is -0.486 e. The van der Waals surface area contributed by atoms with E-state index in [0.29, 0.717) is 11.1 Å². The van der Waals surface area contributed by atoms with Gasteiger partial charge >= 0.3 is 6.18 Å². The summed E-state index contributed by atoms with van der Waals surface area (Å²) in [6, 6.07) is 18.5. The number of nitrogens with zero attached hydrogens (tertiary/aromatic N) is 2. The smallest absolute Gasteiger partial charge is 0.435 e. The molecule has 1 heterocycles. The van der Waals surface area contributed by atoms with Crippen LogP contribution >= 0.6 is 23.2 Å². The number of alkyl halides is 3. The third-order valence-electron chi connectivity index (χ3n) is 5.06. The van der Waals surface area contributed by atoms with Crippen molar-refractivity contribution in [1.29, 1.82) is 0 Å². The van der Waals surface area contributed by atoms with E-state index in [4.69, 9.17) is 27.9 Å². The second-order valence-corrected chi connectivity index (χ2v) is 10.4. The summed E-state index contributed by atoms with van der Waals surface area (Å²) in [7, 11) is -3.38. The van der Waals surface area contributed by atoms with Crippen molar-refractivity contribution in [3.05, 3.63) is 94.2 Å². The molecule has 5 nitrogen and oxygen atoms in total. The predicted molar refractivity (Wildman–Crippen MR) is 128 cm³/mol. The molecule has 11 heteroatoms. The van der Waals surface area contributed by atoms with Gasteiger partial charge in [-0.2, -0.15) is 18.3 Å². The Hall–Kier alpha value is -3.01. The lowest BCUT2D eigenvalue weighted by atomic mass is 10.1. The number of rotatable bonds is 6. The topological polar surface area (TPSA) is 61.2 Å².